The maximum absolute atomic E-state index is 11.5. The number of unbranched alkanes of at least 4 members (excludes halogenated alkanes) is 1. The van der Waals surface area contributed by atoms with Gasteiger partial charge in [-0.15, -0.1) is 0 Å². The van der Waals surface area contributed by atoms with Crippen molar-refractivity contribution >= 4 is 39.0 Å². The van der Waals surface area contributed by atoms with Gasteiger partial charge >= 0.3 is 15.2 Å². The van der Waals surface area contributed by atoms with Gasteiger partial charge in [-0.2, -0.15) is 0 Å². The van der Waals surface area contributed by atoms with Crippen LogP contribution in [0.15, 0.2) is 4.99 Å². The highest BCUT2D eigenvalue weighted by Gasteiger charge is 2.60. The highest BCUT2D eigenvalue weighted by atomic mass is 32.1. The summed E-state index contributed by atoms with van der Waals surface area (Å²) in [4.78, 5) is 38.6. The molecule has 4 N–H and O–H groups in total. The van der Waals surface area contributed by atoms with E-state index in [0.717, 1.165) is 6.21 Å². The molecule has 7 nitrogen and oxygen atoms in total. The zero-order valence-electron chi connectivity index (χ0n) is 10.1. The molecular formula is C9H17NO6P2S. The van der Waals surface area contributed by atoms with Crippen LogP contribution >= 0.6 is 27.4 Å². The molecular weight excluding hydrogens is 312 g/mol. The molecule has 1 rings (SSSR count). The van der Waals surface area contributed by atoms with Gasteiger partial charge in [-0.05, 0) is 37.0 Å². The lowest BCUT2D eigenvalue weighted by atomic mass is 9.95. The van der Waals surface area contributed by atoms with Gasteiger partial charge in [0.15, 0.2) is 0 Å². The van der Waals surface area contributed by atoms with Crippen LogP contribution < -0.4 is 0 Å². The third-order valence-corrected chi connectivity index (χ3v) is 7.61. The Morgan fingerprint density at radius 1 is 1.32 bits per heavy atom. The molecule has 0 saturated carbocycles. The van der Waals surface area contributed by atoms with Gasteiger partial charge in [0, 0.05) is 12.8 Å². The topological polar surface area (TPSA) is 127 Å². The number of hydrogen-bond acceptors (Lipinski definition) is 4. The van der Waals surface area contributed by atoms with Crippen LogP contribution in [0.4, 0.5) is 0 Å². The smallest absolute Gasteiger partial charge is 0.323 e. The molecule has 1 unspecified atom stereocenters. The fourth-order valence-electron chi connectivity index (χ4n) is 2.13. The van der Waals surface area contributed by atoms with Gasteiger partial charge in [0.1, 0.15) is 0 Å². The molecule has 1 aliphatic rings. The molecule has 0 spiro atoms. The molecule has 0 fully saturated rings. The summed E-state index contributed by atoms with van der Waals surface area (Å²) in [5.41, 5.74) is 0. The lowest BCUT2D eigenvalue weighted by molar-refractivity contribution is 0.302. The average molecular weight is 329 g/mol. The number of rotatable bonds is 6. The molecule has 0 aromatic carbocycles. The van der Waals surface area contributed by atoms with Crippen molar-refractivity contribution < 1.29 is 28.7 Å². The van der Waals surface area contributed by atoms with Gasteiger partial charge in [0.25, 0.3) is 0 Å². The maximum atomic E-state index is 11.5. The van der Waals surface area contributed by atoms with Crippen molar-refractivity contribution in [3.63, 3.8) is 0 Å². The van der Waals surface area contributed by atoms with Gasteiger partial charge in [-0.25, -0.2) is 0 Å². The Kier molecular flexibility index (Phi) is 5.61. The van der Waals surface area contributed by atoms with E-state index in [-0.39, 0.29) is 12.3 Å². The van der Waals surface area contributed by atoms with E-state index in [9.17, 15) is 28.7 Å². The lowest BCUT2D eigenvalue weighted by Crippen LogP contribution is -2.37. The van der Waals surface area contributed by atoms with Crippen LogP contribution in [0.25, 0.3) is 0 Å². The summed E-state index contributed by atoms with van der Waals surface area (Å²) in [6, 6.07) is 0. The standard InChI is InChI=1S/C9H17NO6P2S/c11-17(12,13)9(18(14,15)16)5-8(6-10-7-9)3-1-2-4-19/h4,7-8H,1-3,5-6H2,(H2,11,12,13)(H2,14,15,16). The zero-order valence-corrected chi connectivity index (χ0v) is 12.7. The Labute approximate surface area is 116 Å². The molecule has 0 radical (unpaired) electrons. The Bertz CT molecular complexity index is 434. The van der Waals surface area contributed by atoms with E-state index in [2.05, 4.69) is 17.2 Å². The Hall–Kier alpha value is 0.0600. The minimum atomic E-state index is -5.01. The molecule has 1 aliphatic heterocycles. The first-order chi connectivity index (χ1) is 8.64. The second kappa shape index (κ2) is 6.22. The monoisotopic (exact) mass is 329 g/mol. The van der Waals surface area contributed by atoms with Crippen LogP contribution in [0, 0.1) is 5.92 Å². The van der Waals surface area contributed by atoms with E-state index in [1.165, 1.54) is 0 Å². The minimum absolute atomic E-state index is 0.261. The van der Waals surface area contributed by atoms with Crippen molar-refractivity contribution in [3.8, 4) is 0 Å². The van der Waals surface area contributed by atoms with Crippen molar-refractivity contribution in [1.29, 1.82) is 0 Å². The molecule has 0 aromatic rings. The summed E-state index contributed by atoms with van der Waals surface area (Å²) in [5, 5.41) is 1.56. The second-order valence-corrected chi connectivity index (χ2v) is 9.09. The molecule has 19 heavy (non-hydrogen) atoms. The van der Waals surface area contributed by atoms with Gasteiger partial charge in [0.2, 0.25) is 4.90 Å². The van der Waals surface area contributed by atoms with Crippen LogP contribution in [-0.4, -0.2) is 42.6 Å². The molecule has 0 aliphatic carbocycles. The summed E-state index contributed by atoms with van der Waals surface area (Å²) < 4.78 is 23.0. The van der Waals surface area contributed by atoms with Gasteiger partial charge in [-0.1, -0.05) is 12.2 Å². The van der Waals surface area contributed by atoms with Crippen molar-refractivity contribution in [1.82, 2.24) is 0 Å². The van der Waals surface area contributed by atoms with Crippen LogP contribution in [0.2, 0.25) is 0 Å². The first kappa shape index (κ1) is 17.1. The van der Waals surface area contributed by atoms with Gasteiger partial charge in [0.05, 0.1) is 0 Å². The molecule has 110 valence electrons. The van der Waals surface area contributed by atoms with E-state index < -0.39 is 20.1 Å². The zero-order chi connectivity index (χ0) is 14.7. The summed E-state index contributed by atoms with van der Waals surface area (Å²) >= 11 is 4.68. The minimum Gasteiger partial charge on any atom is -0.323 e. The molecule has 0 amide bonds. The normalized spacial score (nSPS) is 23.3. The lowest BCUT2D eigenvalue weighted by Gasteiger charge is -2.36. The summed E-state index contributed by atoms with van der Waals surface area (Å²) in [5.74, 6) is -0.264. The van der Waals surface area contributed by atoms with Crippen LogP contribution in [0.1, 0.15) is 25.7 Å². The summed E-state index contributed by atoms with van der Waals surface area (Å²) in [7, 11) is -10.0. The predicted molar refractivity (Wildman–Crippen MR) is 75.8 cm³/mol. The summed E-state index contributed by atoms with van der Waals surface area (Å²) in [6.07, 6.45) is 2.45. The Morgan fingerprint density at radius 3 is 2.37 bits per heavy atom. The number of aliphatic imine (C=N–C) groups is 1. The van der Waals surface area contributed by atoms with Crippen LogP contribution in [-0.2, 0) is 9.13 Å². The SMILES string of the molecule is O=P(O)(O)C1(P(=O)(O)O)C=NCC(CCCC=S)C1. The highest BCUT2D eigenvalue weighted by molar-refractivity contribution is 7.79. The third-order valence-electron chi connectivity index (χ3n) is 3.19. The molecule has 0 saturated heterocycles. The third kappa shape index (κ3) is 3.79. The molecule has 1 atom stereocenters. The Morgan fingerprint density at radius 2 is 1.89 bits per heavy atom. The van der Waals surface area contributed by atoms with E-state index in [1.54, 1.807) is 5.37 Å². The number of hydrogen-bond donors (Lipinski definition) is 4. The highest BCUT2D eigenvalue weighted by Crippen LogP contribution is 2.71. The largest absolute Gasteiger partial charge is 0.349 e. The Balaban J connectivity index is 2.98. The number of thiocarbonyl (C=S) groups is 1. The summed E-state index contributed by atoms with van der Waals surface area (Å²) in [6.45, 7) is 0.319. The van der Waals surface area contributed by atoms with Crippen LogP contribution in [0.3, 0.4) is 0 Å². The quantitative estimate of drug-likeness (QED) is 0.328. The second-order valence-electron chi connectivity index (χ2n) is 4.63. The molecule has 1 heterocycles. The fourth-order valence-corrected chi connectivity index (χ4v) is 5.11. The predicted octanol–water partition coefficient (Wildman–Crippen LogP) is 1.30. The van der Waals surface area contributed by atoms with Gasteiger partial charge in [-0.3, -0.25) is 14.1 Å². The molecule has 0 aromatic heterocycles. The fraction of sp³-hybridized carbons (Fsp3) is 0.778. The first-order valence-electron chi connectivity index (χ1n) is 5.70. The molecule has 10 heteroatoms. The average Bonchev–Trinajstić information content (AvgIpc) is 2.27. The van der Waals surface area contributed by atoms with E-state index >= 15 is 0 Å². The van der Waals surface area contributed by atoms with Crippen LogP contribution in [0.5, 0.6) is 0 Å². The van der Waals surface area contributed by atoms with Crippen molar-refractivity contribution in [2.45, 2.75) is 30.6 Å². The van der Waals surface area contributed by atoms with Crippen molar-refractivity contribution in [2.24, 2.45) is 10.9 Å². The number of nitrogens with zero attached hydrogens (tertiary/aromatic N) is 1. The van der Waals surface area contributed by atoms with Crippen molar-refractivity contribution in [3.05, 3.63) is 0 Å². The van der Waals surface area contributed by atoms with E-state index in [1.807, 2.05) is 0 Å². The van der Waals surface area contributed by atoms with Crippen molar-refractivity contribution in [2.75, 3.05) is 6.54 Å². The maximum Gasteiger partial charge on any atom is 0.349 e. The van der Waals surface area contributed by atoms with E-state index in [4.69, 9.17) is 0 Å². The van der Waals surface area contributed by atoms with Gasteiger partial charge < -0.3 is 19.6 Å². The van der Waals surface area contributed by atoms with E-state index in [0.29, 0.717) is 25.8 Å². The first-order valence-corrected chi connectivity index (χ1v) is 9.39. The molecule has 0 bridgehead atoms.